The number of carbonyl (C=O) groups excluding carboxylic acids is 1. The number of hydrogen-bond donors (Lipinski definition) is 1. The van der Waals surface area contributed by atoms with Crippen LogP contribution >= 0.6 is 0 Å². The van der Waals surface area contributed by atoms with Crippen molar-refractivity contribution in [2.75, 3.05) is 26.1 Å². The molecule has 0 bridgehead atoms. The fourth-order valence-corrected chi connectivity index (χ4v) is 4.94. The summed E-state index contributed by atoms with van der Waals surface area (Å²) in [6, 6.07) is 22.8. The van der Waals surface area contributed by atoms with Crippen molar-refractivity contribution in [3.63, 3.8) is 0 Å². The van der Waals surface area contributed by atoms with E-state index in [2.05, 4.69) is 41.7 Å². The summed E-state index contributed by atoms with van der Waals surface area (Å²) in [5.74, 6) is 0.721. The number of benzene rings is 4. The van der Waals surface area contributed by atoms with E-state index >= 15 is 0 Å². The molecular formula is C27H21NO4. The summed E-state index contributed by atoms with van der Waals surface area (Å²) < 4.78 is 16.4. The van der Waals surface area contributed by atoms with E-state index in [9.17, 15) is 4.79 Å². The predicted octanol–water partition coefficient (Wildman–Crippen LogP) is 5.38. The van der Waals surface area contributed by atoms with Crippen LogP contribution in [0.3, 0.4) is 0 Å². The van der Waals surface area contributed by atoms with Gasteiger partial charge in [-0.1, -0.05) is 36.4 Å². The summed E-state index contributed by atoms with van der Waals surface area (Å²) in [5, 5.41) is 8.05. The largest absolute Gasteiger partial charge is 0.493 e. The van der Waals surface area contributed by atoms with Crippen LogP contribution in [0.5, 0.6) is 11.5 Å². The maximum atomic E-state index is 12.9. The highest BCUT2D eigenvalue weighted by Gasteiger charge is 2.39. The molecule has 1 unspecified atom stereocenters. The number of anilines is 1. The van der Waals surface area contributed by atoms with Gasteiger partial charge in [-0.2, -0.15) is 0 Å². The molecule has 2 aliphatic rings. The molecule has 5 nitrogen and oxygen atoms in total. The first kappa shape index (κ1) is 18.8. The second-order valence-electron chi connectivity index (χ2n) is 8.09. The molecule has 0 fully saturated rings. The van der Waals surface area contributed by atoms with Crippen molar-refractivity contribution < 1.29 is 19.0 Å². The Hall–Kier alpha value is -3.99. The smallest absolute Gasteiger partial charge is 0.337 e. The first-order valence-corrected chi connectivity index (χ1v) is 10.5. The maximum absolute atomic E-state index is 12.9. The molecule has 158 valence electrons. The minimum Gasteiger partial charge on any atom is -0.493 e. The molecular weight excluding hydrogens is 402 g/mol. The first-order valence-electron chi connectivity index (χ1n) is 10.5. The van der Waals surface area contributed by atoms with E-state index < -0.39 is 0 Å². The van der Waals surface area contributed by atoms with Crippen LogP contribution in [0.2, 0.25) is 0 Å². The number of hydrogen-bond acceptors (Lipinski definition) is 5. The Morgan fingerprint density at radius 2 is 1.66 bits per heavy atom. The van der Waals surface area contributed by atoms with Crippen molar-refractivity contribution >= 4 is 33.2 Å². The Morgan fingerprint density at radius 1 is 0.875 bits per heavy atom. The normalized spacial score (nSPS) is 17.1. The molecule has 0 saturated heterocycles. The highest BCUT2D eigenvalue weighted by atomic mass is 16.5. The van der Waals surface area contributed by atoms with Crippen molar-refractivity contribution in [2.45, 2.75) is 5.92 Å². The van der Waals surface area contributed by atoms with Gasteiger partial charge in [0.25, 0.3) is 0 Å². The van der Waals surface area contributed by atoms with E-state index in [4.69, 9.17) is 14.2 Å². The second-order valence-corrected chi connectivity index (χ2v) is 8.09. The van der Waals surface area contributed by atoms with Crippen LogP contribution < -0.4 is 14.8 Å². The van der Waals surface area contributed by atoms with Crippen molar-refractivity contribution in [1.29, 1.82) is 0 Å². The van der Waals surface area contributed by atoms with Crippen LogP contribution in [-0.2, 0) is 9.53 Å². The number of fused-ring (bicyclic) bond motifs is 4. The van der Waals surface area contributed by atoms with Crippen LogP contribution in [0.25, 0.3) is 21.5 Å². The molecule has 5 heteroatoms. The van der Waals surface area contributed by atoms with Crippen molar-refractivity contribution in [3.05, 3.63) is 89.1 Å². The van der Waals surface area contributed by atoms with Crippen LogP contribution in [0.4, 0.5) is 5.69 Å². The number of ether oxygens (including phenoxy) is 3. The SMILES string of the molecule is COc1ccc(C2C3=C(COC3=O)Nc3ccc4cc5ccccc5cc4c32)cc1OC. The summed E-state index contributed by atoms with van der Waals surface area (Å²) >= 11 is 0. The number of esters is 1. The van der Waals surface area contributed by atoms with Gasteiger partial charge in [-0.25, -0.2) is 4.79 Å². The fraction of sp³-hybridized carbons (Fsp3) is 0.148. The van der Waals surface area contributed by atoms with E-state index in [1.165, 1.54) is 5.39 Å². The molecule has 0 aromatic heterocycles. The maximum Gasteiger partial charge on any atom is 0.337 e. The topological polar surface area (TPSA) is 56.8 Å². The monoisotopic (exact) mass is 423 g/mol. The lowest BCUT2D eigenvalue weighted by Crippen LogP contribution is -2.20. The lowest BCUT2D eigenvalue weighted by atomic mass is 9.78. The summed E-state index contributed by atoms with van der Waals surface area (Å²) in [7, 11) is 3.24. The first-order chi connectivity index (χ1) is 15.7. The molecule has 0 spiro atoms. The molecule has 4 aromatic rings. The lowest BCUT2D eigenvalue weighted by Gasteiger charge is -2.29. The lowest BCUT2D eigenvalue weighted by molar-refractivity contribution is -0.136. The zero-order chi connectivity index (χ0) is 21.8. The highest BCUT2D eigenvalue weighted by Crippen LogP contribution is 2.48. The molecule has 1 atom stereocenters. The van der Waals surface area contributed by atoms with Crippen LogP contribution in [0.1, 0.15) is 17.0 Å². The van der Waals surface area contributed by atoms with Gasteiger partial charge < -0.3 is 19.5 Å². The van der Waals surface area contributed by atoms with E-state index in [0.717, 1.165) is 38.7 Å². The van der Waals surface area contributed by atoms with Gasteiger partial charge in [0, 0.05) is 11.6 Å². The van der Waals surface area contributed by atoms with Crippen molar-refractivity contribution in [1.82, 2.24) is 0 Å². The molecule has 4 aromatic carbocycles. The third kappa shape index (κ3) is 2.67. The van der Waals surface area contributed by atoms with E-state index in [1.807, 2.05) is 30.3 Å². The summed E-state index contributed by atoms with van der Waals surface area (Å²) in [5.41, 5.74) is 4.49. The molecule has 2 heterocycles. The van der Waals surface area contributed by atoms with Gasteiger partial charge in [0.15, 0.2) is 11.5 Å². The molecule has 0 saturated carbocycles. The van der Waals surface area contributed by atoms with Crippen LogP contribution in [0.15, 0.2) is 78.0 Å². The Labute approximate surface area is 185 Å². The molecule has 0 amide bonds. The third-order valence-electron chi connectivity index (χ3n) is 6.42. The quantitative estimate of drug-likeness (QED) is 0.354. The minimum atomic E-state index is -0.282. The Balaban J connectivity index is 1.66. The number of rotatable bonds is 3. The number of nitrogens with one attached hydrogen (secondary N) is 1. The molecule has 32 heavy (non-hydrogen) atoms. The summed E-state index contributed by atoms with van der Waals surface area (Å²) in [6.07, 6.45) is 0. The van der Waals surface area contributed by atoms with Gasteiger partial charge in [0.05, 0.1) is 25.5 Å². The average Bonchev–Trinajstić information content (AvgIpc) is 3.21. The molecule has 2 aliphatic heterocycles. The van der Waals surface area contributed by atoms with Crippen molar-refractivity contribution in [3.8, 4) is 11.5 Å². The van der Waals surface area contributed by atoms with E-state index in [1.54, 1.807) is 14.2 Å². The van der Waals surface area contributed by atoms with E-state index in [0.29, 0.717) is 17.1 Å². The standard InChI is InChI=1S/C27H21NO4/c1-30-22-10-8-18(13-23(22)31-2)24-25-19-12-16-6-4-3-5-15(16)11-17(19)7-9-20(25)28-21-14-32-27(29)26(21)24/h3-13,24,28H,14H2,1-2H3. The molecule has 0 aliphatic carbocycles. The van der Waals surface area contributed by atoms with Gasteiger partial charge in [-0.05, 0) is 63.0 Å². The van der Waals surface area contributed by atoms with Gasteiger partial charge in [-0.3, -0.25) is 0 Å². The number of methoxy groups -OCH3 is 2. The van der Waals surface area contributed by atoms with Crippen LogP contribution in [0, 0.1) is 0 Å². The zero-order valence-corrected chi connectivity index (χ0v) is 17.8. The predicted molar refractivity (Wildman–Crippen MR) is 124 cm³/mol. The third-order valence-corrected chi connectivity index (χ3v) is 6.42. The Morgan fingerprint density at radius 3 is 2.44 bits per heavy atom. The Kier molecular flexibility index (Phi) is 4.12. The van der Waals surface area contributed by atoms with Crippen molar-refractivity contribution in [2.24, 2.45) is 0 Å². The van der Waals surface area contributed by atoms with Crippen LogP contribution in [-0.4, -0.2) is 26.8 Å². The summed E-state index contributed by atoms with van der Waals surface area (Å²) in [4.78, 5) is 12.9. The minimum absolute atomic E-state index is 0.257. The van der Waals surface area contributed by atoms with Gasteiger partial charge >= 0.3 is 5.97 Å². The summed E-state index contributed by atoms with van der Waals surface area (Å²) in [6.45, 7) is 0.257. The molecule has 0 radical (unpaired) electrons. The fourth-order valence-electron chi connectivity index (χ4n) is 4.94. The average molecular weight is 423 g/mol. The zero-order valence-electron chi connectivity index (χ0n) is 17.8. The van der Waals surface area contributed by atoms with Gasteiger partial charge in [0.2, 0.25) is 0 Å². The number of cyclic esters (lactones) is 1. The highest BCUT2D eigenvalue weighted by molar-refractivity contribution is 6.05. The van der Waals surface area contributed by atoms with Gasteiger partial charge in [0.1, 0.15) is 6.61 Å². The van der Waals surface area contributed by atoms with Gasteiger partial charge in [-0.15, -0.1) is 0 Å². The number of carbonyl (C=O) groups is 1. The Bertz CT molecular complexity index is 1450. The second kappa shape index (κ2) is 7.02. The molecule has 1 N–H and O–H groups in total. The molecule has 6 rings (SSSR count). The van der Waals surface area contributed by atoms with E-state index in [-0.39, 0.29) is 18.5 Å².